The summed E-state index contributed by atoms with van der Waals surface area (Å²) in [6.07, 6.45) is 3.00. The van der Waals surface area contributed by atoms with E-state index in [1.54, 1.807) is 6.26 Å². The van der Waals surface area contributed by atoms with Crippen molar-refractivity contribution in [3.8, 4) is 0 Å². The van der Waals surface area contributed by atoms with E-state index < -0.39 is 0 Å². The van der Waals surface area contributed by atoms with Gasteiger partial charge in [-0.15, -0.1) is 0 Å². The SMILES string of the molecule is CC(C)n1c(CCNC(=O)C2CC(c3ccco3)NN2)nc2ccccc21. The number of furan rings is 1. The Morgan fingerprint density at radius 3 is 2.93 bits per heavy atom. The Morgan fingerprint density at radius 1 is 1.30 bits per heavy atom. The summed E-state index contributed by atoms with van der Waals surface area (Å²) in [5, 5.41) is 3.02. The predicted octanol–water partition coefficient (Wildman–Crippen LogP) is 2.48. The molecule has 3 N–H and O–H groups in total. The molecule has 0 spiro atoms. The van der Waals surface area contributed by atoms with Crippen LogP contribution < -0.4 is 16.2 Å². The van der Waals surface area contributed by atoms with E-state index in [1.165, 1.54) is 0 Å². The molecule has 1 aromatic carbocycles. The number of hydrogen-bond acceptors (Lipinski definition) is 5. The molecule has 3 aromatic rings. The fraction of sp³-hybridized carbons (Fsp3) is 0.400. The normalized spacial score (nSPS) is 19.8. The van der Waals surface area contributed by atoms with Gasteiger partial charge in [-0.3, -0.25) is 4.79 Å². The average Bonchev–Trinajstić information content (AvgIpc) is 3.39. The Balaban J connectivity index is 1.35. The van der Waals surface area contributed by atoms with E-state index in [4.69, 9.17) is 9.40 Å². The number of hydrogen-bond donors (Lipinski definition) is 3. The second kappa shape index (κ2) is 7.54. The third-order valence-corrected chi connectivity index (χ3v) is 4.94. The quantitative estimate of drug-likeness (QED) is 0.623. The molecule has 142 valence electrons. The van der Waals surface area contributed by atoms with Gasteiger partial charge in [-0.05, 0) is 44.5 Å². The fourth-order valence-electron chi connectivity index (χ4n) is 3.67. The van der Waals surface area contributed by atoms with Gasteiger partial charge in [0.1, 0.15) is 17.6 Å². The Labute approximate surface area is 158 Å². The zero-order chi connectivity index (χ0) is 18.8. The first kappa shape index (κ1) is 17.8. The molecule has 1 aliphatic heterocycles. The first-order valence-corrected chi connectivity index (χ1v) is 9.41. The Morgan fingerprint density at radius 2 is 2.15 bits per heavy atom. The summed E-state index contributed by atoms with van der Waals surface area (Å²) >= 11 is 0. The summed E-state index contributed by atoms with van der Waals surface area (Å²) < 4.78 is 7.64. The molecule has 2 unspecified atom stereocenters. The monoisotopic (exact) mass is 367 g/mol. The lowest BCUT2D eigenvalue weighted by Gasteiger charge is -2.14. The highest BCUT2D eigenvalue weighted by Gasteiger charge is 2.31. The van der Waals surface area contributed by atoms with Crippen LogP contribution in [-0.2, 0) is 11.2 Å². The van der Waals surface area contributed by atoms with E-state index in [0.29, 0.717) is 25.4 Å². The molecule has 1 amide bonds. The molecule has 0 radical (unpaired) electrons. The fourth-order valence-corrected chi connectivity index (χ4v) is 3.67. The third kappa shape index (κ3) is 3.61. The van der Waals surface area contributed by atoms with Gasteiger partial charge >= 0.3 is 0 Å². The summed E-state index contributed by atoms with van der Waals surface area (Å²) in [5.41, 5.74) is 8.30. The molecule has 0 bridgehead atoms. The number of amides is 1. The van der Waals surface area contributed by atoms with Gasteiger partial charge in [0.05, 0.1) is 23.3 Å². The van der Waals surface area contributed by atoms with Crippen LogP contribution in [0.4, 0.5) is 0 Å². The van der Waals surface area contributed by atoms with Gasteiger partial charge in [0.15, 0.2) is 0 Å². The maximum atomic E-state index is 12.5. The predicted molar refractivity (Wildman–Crippen MR) is 103 cm³/mol. The van der Waals surface area contributed by atoms with Crippen LogP contribution in [0.5, 0.6) is 0 Å². The molecule has 3 heterocycles. The first-order valence-electron chi connectivity index (χ1n) is 9.41. The summed E-state index contributed by atoms with van der Waals surface area (Å²) in [4.78, 5) is 17.2. The van der Waals surface area contributed by atoms with Gasteiger partial charge in [0.25, 0.3) is 0 Å². The number of nitrogens with zero attached hydrogens (tertiary/aromatic N) is 2. The zero-order valence-electron chi connectivity index (χ0n) is 15.6. The number of carbonyl (C=O) groups is 1. The average molecular weight is 367 g/mol. The highest BCUT2D eigenvalue weighted by molar-refractivity contribution is 5.82. The van der Waals surface area contributed by atoms with Gasteiger partial charge in [0.2, 0.25) is 5.91 Å². The van der Waals surface area contributed by atoms with Gasteiger partial charge in [0, 0.05) is 19.0 Å². The topological polar surface area (TPSA) is 84.1 Å². The van der Waals surface area contributed by atoms with E-state index in [0.717, 1.165) is 22.6 Å². The summed E-state index contributed by atoms with van der Waals surface area (Å²) in [5.74, 6) is 1.82. The van der Waals surface area contributed by atoms with Crippen LogP contribution in [-0.4, -0.2) is 28.0 Å². The highest BCUT2D eigenvalue weighted by atomic mass is 16.3. The second-order valence-corrected chi connectivity index (χ2v) is 7.17. The lowest BCUT2D eigenvalue weighted by molar-refractivity contribution is -0.122. The number of imidazole rings is 1. The Kier molecular flexibility index (Phi) is 4.96. The van der Waals surface area contributed by atoms with Gasteiger partial charge in [-0.1, -0.05) is 12.1 Å². The Bertz CT molecular complexity index is 916. The number of carbonyl (C=O) groups excluding carboxylic acids is 1. The van der Waals surface area contributed by atoms with Crippen molar-refractivity contribution in [2.45, 2.75) is 44.8 Å². The molecule has 1 fully saturated rings. The van der Waals surface area contributed by atoms with Crippen LogP contribution in [0.15, 0.2) is 47.1 Å². The van der Waals surface area contributed by atoms with Crippen LogP contribution >= 0.6 is 0 Å². The second-order valence-electron chi connectivity index (χ2n) is 7.17. The molecule has 0 aliphatic carbocycles. The van der Waals surface area contributed by atoms with Gasteiger partial charge in [-0.25, -0.2) is 15.8 Å². The minimum atomic E-state index is -0.274. The van der Waals surface area contributed by atoms with E-state index in [2.05, 4.69) is 40.6 Å². The molecule has 7 nitrogen and oxygen atoms in total. The molecular weight excluding hydrogens is 342 g/mol. The zero-order valence-corrected chi connectivity index (χ0v) is 15.6. The standard InChI is InChI=1S/C20H25N5O2/c1-13(2)25-17-7-4-3-6-14(17)22-19(25)9-10-21-20(26)16-12-15(23-24-16)18-8-5-11-27-18/h3-8,11,13,15-16,23-24H,9-10,12H2,1-2H3,(H,21,26). The number of para-hydroxylation sites is 2. The minimum Gasteiger partial charge on any atom is -0.468 e. The number of hydrazine groups is 1. The van der Waals surface area contributed by atoms with Gasteiger partial charge in [-0.2, -0.15) is 0 Å². The minimum absolute atomic E-state index is 0.0104. The van der Waals surface area contributed by atoms with Crippen LogP contribution in [0.1, 0.15) is 43.9 Å². The maximum Gasteiger partial charge on any atom is 0.238 e. The lowest BCUT2D eigenvalue weighted by atomic mass is 10.1. The number of rotatable bonds is 6. The molecule has 2 atom stereocenters. The molecule has 27 heavy (non-hydrogen) atoms. The number of benzene rings is 1. The first-order chi connectivity index (χ1) is 13.1. The van der Waals surface area contributed by atoms with Crippen molar-refractivity contribution in [3.63, 3.8) is 0 Å². The van der Waals surface area contributed by atoms with Crippen molar-refractivity contribution >= 4 is 16.9 Å². The van der Waals surface area contributed by atoms with E-state index in [-0.39, 0.29) is 18.0 Å². The summed E-state index contributed by atoms with van der Waals surface area (Å²) in [6, 6.07) is 12.0. The van der Waals surface area contributed by atoms with Crippen molar-refractivity contribution in [3.05, 3.63) is 54.2 Å². The maximum absolute atomic E-state index is 12.5. The number of nitrogens with one attached hydrogen (secondary N) is 3. The largest absolute Gasteiger partial charge is 0.468 e. The molecule has 1 saturated heterocycles. The van der Waals surface area contributed by atoms with Crippen molar-refractivity contribution in [1.82, 2.24) is 25.7 Å². The molecule has 1 aliphatic rings. The van der Waals surface area contributed by atoms with Crippen molar-refractivity contribution < 1.29 is 9.21 Å². The summed E-state index contributed by atoms with van der Waals surface area (Å²) in [7, 11) is 0. The lowest BCUT2D eigenvalue weighted by Crippen LogP contribution is -2.43. The molecule has 7 heteroatoms. The number of fused-ring (bicyclic) bond motifs is 1. The number of aromatic nitrogens is 2. The van der Waals surface area contributed by atoms with E-state index in [9.17, 15) is 4.79 Å². The van der Waals surface area contributed by atoms with Gasteiger partial charge < -0.3 is 14.3 Å². The van der Waals surface area contributed by atoms with Crippen LogP contribution in [0.25, 0.3) is 11.0 Å². The van der Waals surface area contributed by atoms with Crippen molar-refractivity contribution in [1.29, 1.82) is 0 Å². The Hall–Kier alpha value is -2.64. The smallest absolute Gasteiger partial charge is 0.238 e. The molecular formula is C20H25N5O2. The highest BCUT2D eigenvalue weighted by Crippen LogP contribution is 2.23. The van der Waals surface area contributed by atoms with E-state index in [1.807, 2.05) is 30.3 Å². The van der Waals surface area contributed by atoms with Crippen LogP contribution in [0.3, 0.4) is 0 Å². The molecule has 4 rings (SSSR count). The van der Waals surface area contributed by atoms with Crippen molar-refractivity contribution in [2.24, 2.45) is 0 Å². The molecule has 0 saturated carbocycles. The van der Waals surface area contributed by atoms with Crippen LogP contribution in [0, 0.1) is 0 Å². The third-order valence-electron chi connectivity index (χ3n) is 4.94. The van der Waals surface area contributed by atoms with E-state index >= 15 is 0 Å². The molecule has 2 aromatic heterocycles. The summed E-state index contributed by atoms with van der Waals surface area (Å²) in [6.45, 7) is 4.86. The van der Waals surface area contributed by atoms with Crippen molar-refractivity contribution in [2.75, 3.05) is 6.54 Å². The van der Waals surface area contributed by atoms with Crippen LogP contribution in [0.2, 0.25) is 0 Å².